The van der Waals surface area contributed by atoms with Crippen LogP contribution >= 0.6 is 0 Å². The second-order valence-corrected chi connectivity index (χ2v) is 6.00. The molecule has 0 aliphatic heterocycles. The molecule has 1 aromatic heterocycles. The van der Waals surface area contributed by atoms with Crippen LogP contribution < -0.4 is 5.56 Å². The molecule has 0 aliphatic rings. The molecule has 5 nitrogen and oxygen atoms in total. The third-order valence-electron chi connectivity index (χ3n) is 2.56. The van der Waals surface area contributed by atoms with Crippen LogP contribution in [0.5, 0.6) is 0 Å². The molecule has 6 heteroatoms. The summed E-state index contributed by atoms with van der Waals surface area (Å²) in [5.41, 5.74) is -0.175. The van der Waals surface area contributed by atoms with Crippen LogP contribution in [0.25, 0.3) is 0 Å². The number of aryl methyl sites for hydroxylation is 1. The average Bonchev–Trinajstić information content (AvgIpc) is 2.27. The lowest BCUT2D eigenvalue weighted by atomic mass is 10.1. The molecule has 1 rings (SSSR count). The molecule has 1 N–H and O–H groups in total. The number of rotatable bonds is 6. The van der Waals surface area contributed by atoms with Crippen LogP contribution in [0, 0.1) is 5.92 Å². The zero-order valence-electron chi connectivity index (χ0n) is 10.4. The largest absolute Gasteiger partial charge is 0.480 e. The molecule has 0 fully saturated rings. The van der Waals surface area contributed by atoms with Gasteiger partial charge in [-0.3, -0.25) is 13.8 Å². The minimum Gasteiger partial charge on any atom is -0.480 e. The lowest BCUT2D eigenvalue weighted by molar-refractivity contribution is -0.137. The van der Waals surface area contributed by atoms with E-state index in [1.807, 2.05) is 0 Å². The van der Waals surface area contributed by atoms with Crippen molar-refractivity contribution in [2.45, 2.75) is 25.6 Å². The van der Waals surface area contributed by atoms with Crippen molar-refractivity contribution in [2.24, 2.45) is 5.92 Å². The van der Waals surface area contributed by atoms with Crippen molar-refractivity contribution in [1.82, 2.24) is 4.57 Å². The van der Waals surface area contributed by atoms with E-state index >= 15 is 0 Å². The average molecular weight is 271 g/mol. The zero-order chi connectivity index (χ0) is 13.7. The van der Waals surface area contributed by atoms with E-state index in [4.69, 9.17) is 5.11 Å². The van der Waals surface area contributed by atoms with Crippen molar-refractivity contribution in [3.05, 3.63) is 34.7 Å². The highest BCUT2D eigenvalue weighted by molar-refractivity contribution is 7.86. The first kappa shape index (κ1) is 14.6. The Bertz CT molecular complexity index is 495. The van der Waals surface area contributed by atoms with Crippen LogP contribution in [0.15, 0.2) is 29.2 Å². The van der Waals surface area contributed by atoms with Gasteiger partial charge in [-0.25, -0.2) is 0 Å². The summed E-state index contributed by atoms with van der Waals surface area (Å²) in [6.45, 7) is 3.72. The summed E-state index contributed by atoms with van der Waals surface area (Å²) in [7, 11) is -1.49. The lowest BCUT2D eigenvalue weighted by Crippen LogP contribution is -2.34. The van der Waals surface area contributed by atoms with E-state index in [1.54, 1.807) is 32.2 Å². The highest BCUT2D eigenvalue weighted by Gasteiger charge is 2.27. The highest BCUT2D eigenvalue weighted by Crippen LogP contribution is 2.10. The van der Waals surface area contributed by atoms with Crippen molar-refractivity contribution < 1.29 is 14.1 Å². The monoisotopic (exact) mass is 271 g/mol. The number of hydrogen-bond acceptors (Lipinski definition) is 3. The van der Waals surface area contributed by atoms with E-state index in [2.05, 4.69) is 0 Å². The number of carboxylic acids is 1. The summed E-state index contributed by atoms with van der Waals surface area (Å²) < 4.78 is 13.4. The molecule has 2 atom stereocenters. The maximum atomic E-state index is 11.9. The van der Waals surface area contributed by atoms with Crippen molar-refractivity contribution in [1.29, 1.82) is 0 Å². The van der Waals surface area contributed by atoms with E-state index in [0.29, 0.717) is 0 Å². The standard InChI is InChI=1S/C12H17NO4S/c1-9(2)11(12(15)16)18(17)8-7-13-6-4-3-5-10(13)14/h3-6,9,11H,7-8H2,1-2H3,(H,15,16). The van der Waals surface area contributed by atoms with Gasteiger partial charge < -0.3 is 9.67 Å². The van der Waals surface area contributed by atoms with Gasteiger partial charge in [0.15, 0.2) is 0 Å². The molecular weight excluding hydrogens is 254 g/mol. The quantitative estimate of drug-likeness (QED) is 0.826. The van der Waals surface area contributed by atoms with Gasteiger partial charge in [-0.2, -0.15) is 0 Å². The molecule has 0 bridgehead atoms. The maximum absolute atomic E-state index is 11.9. The Balaban J connectivity index is 2.69. The number of pyridine rings is 1. The lowest BCUT2D eigenvalue weighted by Gasteiger charge is -2.15. The van der Waals surface area contributed by atoms with E-state index in [9.17, 15) is 13.8 Å². The SMILES string of the molecule is CC(C)C(C(=O)O)S(=O)CCn1ccccc1=O. The fraction of sp³-hybridized carbons (Fsp3) is 0.500. The van der Waals surface area contributed by atoms with Gasteiger partial charge in [0.05, 0.1) is 0 Å². The molecule has 0 saturated carbocycles. The van der Waals surface area contributed by atoms with Gasteiger partial charge in [0.1, 0.15) is 5.25 Å². The van der Waals surface area contributed by atoms with Crippen LogP contribution in [0.3, 0.4) is 0 Å². The summed E-state index contributed by atoms with van der Waals surface area (Å²) in [5, 5.41) is 8.12. The number of hydrogen-bond donors (Lipinski definition) is 1. The van der Waals surface area contributed by atoms with Gasteiger partial charge in [-0.15, -0.1) is 0 Å². The molecule has 0 amide bonds. The predicted octanol–water partition coefficient (Wildman–Crippen LogP) is 0.706. The van der Waals surface area contributed by atoms with Crippen molar-refractivity contribution >= 4 is 16.8 Å². The number of aromatic nitrogens is 1. The molecule has 18 heavy (non-hydrogen) atoms. The Hall–Kier alpha value is -1.43. The number of carboxylic acid groups (broad SMARTS) is 1. The van der Waals surface area contributed by atoms with Gasteiger partial charge in [0.25, 0.3) is 5.56 Å². The second-order valence-electron chi connectivity index (χ2n) is 4.32. The van der Waals surface area contributed by atoms with Gasteiger partial charge in [0, 0.05) is 35.4 Å². The fourth-order valence-corrected chi connectivity index (χ4v) is 3.12. The van der Waals surface area contributed by atoms with Gasteiger partial charge in [0.2, 0.25) is 0 Å². The zero-order valence-corrected chi connectivity index (χ0v) is 11.2. The second kappa shape index (κ2) is 6.49. The molecule has 0 aliphatic carbocycles. The Morgan fingerprint density at radius 2 is 2.11 bits per heavy atom. The molecule has 1 heterocycles. The Kier molecular flexibility index (Phi) is 5.27. The van der Waals surface area contributed by atoms with Crippen LogP contribution in [0.2, 0.25) is 0 Å². The third-order valence-corrected chi connectivity index (χ3v) is 4.46. The minimum absolute atomic E-state index is 0.166. The van der Waals surface area contributed by atoms with E-state index in [-0.39, 0.29) is 23.8 Å². The summed E-state index contributed by atoms with van der Waals surface area (Å²) in [4.78, 5) is 22.4. The molecule has 2 unspecified atom stereocenters. The molecule has 1 aromatic rings. The Labute approximate surface area is 108 Å². The van der Waals surface area contributed by atoms with E-state index < -0.39 is 22.0 Å². The van der Waals surface area contributed by atoms with Crippen LogP contribution in [-0.2, 0) is 22.1 Å². The first-order valence-electron chi connectivity index (χ1n) is 5.69. The summed E-state index contributed by atoms with van der Waals surface area (Å²) >= 11 is 0. The van der Waals surface area contributed by atoms with Gasteiger partial charge in [-0.05, 0) is 12.0 Å². The van der Waals surface area contributed by atoms with E-state index in [1.165, 1.54) is 10.6 Å². The van der Waals surface area contributed by atoms with Gasteiger partial charge >= 0.3 is 5.97 Å². The molecule has 0 spiro atoms. The van der Waals surface area contributed by atoms with Crippen molar-refractivity contribution in [3.63, 3.8) is 0 Å². The Morgan fingerprint density at radius 3 is 2.61 bits per heavy atom. The van der Waals surface area contributed by atoms with E-state index in [0.717, 1.165) is 0 Å². The summed E-state index contributed by atoms with van der Waals surface area (Å²) in [6.07, 6.45) is 1.60. The van der Waals surface area contributed by atoms with Crippen LogP contribution in [0.4, 0.5) is 0 Å². The highest BCUT2D eigenvalue weighted by atomic mass is 32.2. The maximum Gasteiger partial charge on any atom is 0.319 e. The predicted molar refractivity (Wildman–Crippen MR) is 70.0 cm³/mol. The first-order chi connectivity index (χ1) is 8.43. The normalized spacial score (nSPS) is 14.4. The number of aliphatic carboxylic acids is 1. The smallest absolute Gasteiger partial charge is 0.319 e. The van der Waals surface area contributed by atoms with Crippen LogP contribution in [-0.4, -0.2) is 30.9 Å². The van der Waals surface area contributed by atoms with Crippen molar-refractivity contribution in [2.75, 3.05) is 5.75 Å². The summed E-state index contributed by atoms with van der Waals surface area (Å²) in [6, 6.07) is 4.76. The molecule has 0 saturated heterocycles. The number of carbonyl (C=O) groups is 1. The third kappa shape index (κ3) is 3.80. The minimum atomic E-state index is -1.49. The molecule has 0 radical (unpaired) electrons. The molecule has 0 aromatic carbocycles. The van der Waals surface area contributed by atoms with Crippen LogP contribution in [0.1, 0.15) is 13.8 Å². The molecular formula is C12H17NO4S. The molecule has 100 valence electrons. The fourth-order valence-electron chi connectivity index (χ4n) is 1.66. The Morgan fingerprint density at radius 1 is 1.44 bits per heavy atom. The summed E-state index contributed by atoms with van der Waals surface area (Å²) in [5.74, 6) is -1.08. The number of nitrogens with zero attached hydrogens (tertiary/aromatic N) is 1. The van der Waals surface area contributed by atoms with Crippen molar-refractivity contribution in [3.8, 4) is 0 Å². The van der Waals surface area contributed by atoms with Gasteiger partial charge in [-0.1, -0.05) is 19.9 Å². The first-order valence-corrected chi connectivity index (χ1v) is 7.07. The topological polar surface area (TPSA) is 76.4 Å².